The van der Waals surface area contributed by atoms with Gasteiger partial charge in [-0.05, 0) is 48.4 Å². The van der Waals surface area contributed by atoms with Crippen molar-refractivity contribution in [3.05, 3.63) is 65.2 Å². The smallest absolute Gasteiger partial charge is 0.337 e. The molecule has 0 aliphatic carbocycles. The number of aryl methyl sites for hydroxylation is 1. The van der Waals surface area contributed by atoms with Crippen LogP contribution in [-0.2, 0) is 11.2 Å². The van der Waals surface area contributed by atoms with Gasteiger partial charge in [-0.15, -0.1) is 0 Å². The minimum Gasteiger partial charge on any atom is -0.481 e. The standard InChI is InChI=1S/C20H20O3.3C2H6/c1-3-5-16-9-13-19(14-10-16)23-15-4-6-17-7-11-18(12-8-17)20(21)22-2;3*1-2/h7-14H,3,5,15H2,1-2H3;3*1-2H3. The first kappa shape index (κ1) is 28.5. The first-order valence-corrected chi connectivity index (χ1v) is 10.6. The number of carbonyl (C=O) groups is 1. The number of hydrogen-bond donors (Lipinski definition) is 0. The van der Waals surface area contributed by atoms with Crippen LogP contribution in [0, 0.1) is 11.8 Å². The number of methoxy groups -OCH3 is 1. The summed E-state index contributed by atoms with van der Waals surface area (Å²) in [6.07, 6.45) is 2.22. The maximum atomic E-state index is 11.3. The molecule has 0 aliphatic heterocycles. The average molecular weight is 399 g/mol. The van der Waals surface area contributed by atoms with Gasteiger partial charge in [0, 0.05) is 5.56 Å². The van der Waals surface area contributed by atoms with Crippen LogP contribution in [0.3, 0.4) is 0 Å². The molecule has 0 heterocycles. The summed E-state index contributed by atoms with van der Waals surface area (Å²) in [5.74, 6) is 6.44. The lowest BCUT2D eigenvalue weighted by atomic mass is 10.1. The maximum absolute atomic E-state index is 11.3. The molecule has 0 aliphatic rings. The summed E-state index contributed by atoms with van der Waals surface area (Å²) in [5.41, 5.74) is 2.66. The quantitative estimate of drug-likeness (QED) is 0.404. The molecular formula is C26H38O3. The molecule has 0 aromatic heterocycles. The van der Waals surface area contributed by atoms with Gasteiger partial charge in [-0.3, -0.25) is 0 Å². The predicted molar refractivity (Wildman–Crippen MR) is 125 cm³/mol. The fourth-order valence-electron chi connectivity index (χ4n) is 2.11. The molecule has 0 fully saturated rings. The van der Waals surface area contributed by atoms with E-state index >= 15 is 0 Å². The number of ether oxygens (including phenoxy) is 2. The molecule has 0 saturated carbocycles. The Bertz CT molecular complexity index is 689. The van der Waals surface area contributed by atoms with E-state index in [1.165, 1.54) is 12.7 Å². The van der Waals surface area contributed by atoms with Crippen molar-refractivity contribution in [2.75, 3.05) is 13.7 Å². The Kier molecular flexibility index (Phi) is 19.7. The second kappa shape index (κ2) is 20.0. The van der Waals surface area contributed by atoms with E-state index in [-0.39, 0.29) is 5.97 Å². The van der Waals surface area contributed by atoms with Crippen LogP contribution in [0.4, 0.5) is 0 Å². The van der Waals surface area contributed by atoms with Crippen molar-refractivity contribution in [2.45, 2.75) is 61.3 Å². The van der Waals surface area contributed by atoms with Gasteiger partial charge in [-0.25, -0.2) is 4.79 Å². The lowest BCUT2D eigenvalue weighted by Crippen LogP contribution is -2.00. The van der Waals surface area contributed by atoms with Crippen LogP contribution in [0.15, 0.2) is 48.5 Å². The normalized spacial score (nSPS) is 8.28. The average Bonchev–Trinajstić information content (AvgIpc) is 2.82. The molecule has 0 saturated heterocycles. The maximum Gasteiger partial charge on any atom is 0.337 e. The minimum atomic E-state index is -0.348. The molecule has 0 unspecified atom stereocenters. The second-order valence-electron chi connectivity index (χ2n) is 5.05. The summed E-state index contributed by atoms with van der Waals surface area (Å²) in [4.78, 5) is 11.3. The van der Waals surface area contributed by atoms with Gasteiger partial charge in [-0.1, -0.05) is 78.9 Å². The molecule has 29 heavy (non-hydrogen) atoms. The van der Waals surface area contributed by atoms with Crippen LogP contribution >= 0.6 is 0 Å². The molecular weight excluding hydrogens is 360 g/mol. The zero-order chi connectivity index (χ0) is 22.5. The van der Waals surface area contributed by atoms with E-state index in [2.05, 4.69) is 35.6 Å². The first-order chi connectivity index (χ1) is 14.2. The number of carbonyl (C=O) groups excluding carboxylic acids is 1. The lowest BCUT2D eigenvalue weighted by Gasteiger charge is -2.03. The highest BCUT2D eigenvalue weighted by molar-refractivity contribution is 5.89. The summed E-state index contributed by atoms with van der Waals surface area (Å²) in [6, 6.07) is 15.1. The van der Waals surface area contributed by atoms with E-state index in [0.29, 0.717) is 12.2 Å². The van der Waals surface area contributed by atoms with Crippen molar-refractivity contribution in [3.63, 3.8) is 0 Å². The molecule has 0 spiro atoms. The molecule has 0 amide bonds. The van der Waals surface area contributed by atoms with E-state index in [1.54, 1.807) is 24.3 Å². The summed E-state index contributed by atoms with van der Waals surface area (Å²) < 4.78 is 10.2. The number of rotatable bonds is 5. The molecule has 0 bridgehead atoms. The van der Waals surface area contributed by atoms with E-state index < -0.39 is 0 Å². The van der Waals surface area contributed by atoms with Gasteiger partial charge >= 0.3 is 5.97 Å². The van der Waals surface area contributed by atoms with Gasteiger partial charge in [0.2, 0.25) is 0 Å². The van der Waals surface area contributed by atoms with Crippen LogP contribution in [0.25, 0.3) is 0 Å². The van der Waals surface area contributed by atoms with E-state index in [0.717, 1.165) is 24.2 Å². The predicted octanol–water partition coefficient (Wildman–Crippen LogP) is 6.93. The third-order valence-electron chi connectivity index (χ3n) is 3.31. The Morgan fingerprint density at radius 3 is 1.90 bits per heavy atom. The molecule has 0 atom stereocenters. The van der Waals surface area contributed by atoms with Gasteiger partial charge < -0.3 is 9.47 Å². The highest BCUT2D eigenvalue weighted by atomic mass is 16.5. The van der Waals surface area contributed by atoms with Crippen molar-refractivity contribution in [1.82, 2.24) is 0 Å². The number of hydrogen-bond acceptors (Lipinski definition) is 3. The monoisotopic (exact) mass is 398 g/mol. The first-order valence-electron chi connectivity index (χ1n) is 10.6. The molecule has 2 rings (SSSR count). The van der Waals surface area contributed by atoms with E-state index in [9.17, 15) is 4.79 Å². The molecule has 0 N–H and O–H groups in total. The number of esters is 1. The van der Waals surface area contributed by atoms with Gasteiger partial charge in [0.15, 0.2) is 0 Å². The van der Waals surface area contributed by atoms with E-state index in [1.807, 2.05) is 53.7 Å². The Hall–Kier alpha value is -2.73. The fraction of sp³-hybridized carbons (Fsp3) is 0.423. The fourth-order valence-corrected chi connectivity index (χ4v) is 2.11. The number of benzene rings is 2. The van der Waals surface area contributed by atoms with Crippen LogP contribution in [0.2, 0.25) is 0 Å². The SMILES string of the molecule is CC.CC.CC.CCCc1ccc(OCC#Cc2ccc(C(=O)OC)cc2)cc1. The van der Waals surface area contributed by atoms with Gasteiger partial charge in [0.25, 0.3) is 0 Å². The minimum absolute atomic E-state index is 0.325. The molecule has 3 heteroatoms. The van der Waals surface area contributed by atoms with Crippen LogP contribution in [-0.4, -0.2) is 19.7 Å². The lowest BCUT2D eigenvalue weighted by molar-refractivity contribution is 0.0600. The Morgan fingerprint density at radius 1 is 0.862 bits per heavy atom. The highest BCUT2D eigenvalue weighted by Gasteiger charge is 2.03. The summed E-state index contributed by atoms with van der Waals surface area (Å²) >= 11 is 0. The molecule has 160 valence electrons. The topological polar surface area (TPSA) is 35.5 Å². The Labute approximate surface area is 178 Å². The van der Waals surface area contributed by atoms with Crippen molar-refractivity contribution >= 4 is 5.97 Å². The van der Waals surface area contributed by atoms with Crippen LogP contribution in [0.5, 0.6) is 5.75 Å². The summed E-state index contributed by atoms with van der Waals surface area (Å²) in [6.45, 7) is 14.5. The summed E-state index contributed by atoms with van der Waals surface area (Å²) in [5, 5.41) is 0. The van der Waals surface area contributed by atoms with Crippen molar-refractivity contribution in [1.29, 1.82) is 0 Å². The van der Waals surface area contributed by atoms with Crippen LogP contribution in [0.1, 0.15) is 76.4 Å². The van der Waals surface area contributed by atoms with Crippen molar-refractivity contribution < 1.29 is 14.3 Å². The zero-order valence-electron chi connectivity index (χ0n) is 19.5. The van der Waals surface area contributed by atoms with Crippen molar-refractivity contribution in [3.8, 4) is 17.6 Å². The molecule has 3 nitrogen and oxygen atoms in total. The third kappa shape index (κ3) is 12.4. The Balaban J connectivity index is 0. The van der Waals surface area contributed by atoms with Gasteiger partial charge in [0.05, 0.1) is 12.7 Å². The second-order valence-corrected chi connectivity index (χ2v) is 5.05. The zero-order valence-corrected chi connectivity index (χ0v) is 19.5. The Morgan fingerprint density at radius 2 is 1.41 bits per heavy atom. The third-order valence-corrected chi connectivity index (χ3v) is 3.31. The van der Waals surface area contributed by atoms with Crippen molar-refractivity contribution in [2.24, 2.45) is 0 Å². The molecule has 2 aromatic rings. The van der Waals surface area contributed by atoms with Gasteiger partial charge in [-0.2, -0.15) is 0 Å². The van der Waals surface area contributed by atoms with Gasteiger partial charge in [0.1, 0.15) is 12.4 Å². The summed E-state index contributed by atoms with van der Waals surface area (Å²) in [7, 11) is 1.36. The molecule has 0 radical (unpaired) electrons. The molecule has 2 aromatic carbocycles. The highest BCUT2D eigenvalue weighted by Crippen LogP contribution is 2.13. The van der Waals surface area contributed by atoms with E-state index in [4.69, 9.17) is 4.74 Å². The van der Waals surface area contributed by atoms with Crippen LogP contribution < -0.4 is 4.74 Å². The largest absolute Gasteiger partial charge is 0.481 e.